The highest BCUT2D eigenvalue weighted by molar-refractivity contribution is 5.80. The molecule has 25 heavy (non-hydrogen) atoms. The predicted molar refractivity (Wildman–Crippen MR) is 99.9 cm³/mol. The number of aryl methyl sites for hydroxylation is 1. The molecule has 0 radical (unpaired) electrons. The van der Waals surface area contributed by atoms with Crippen LogP contribution in [0.5, 0.6) is 5.75 Å². The quantitative estimate of drug-likeness (QED) is 0.599. The zero-order chi connectivity index (χ0) is 17.7. The molecule has 134 valence electrons. The van der Waals surface area contributed by atoms with E-state index in [1.807, 2.05) is 29.9 Å². The van der Waals surface area contributed by atoms with Crippen molar-refractivity contribution in [3.63, 3.8) is 0 Å². The van der Waals surface area contributed by atoms with Gasteiger partial charge in [0.1, 0.15) is 5.75 Å². The maximum Gasteiger partial charge on any atom is 0.191 e. The summed E-state index contributed by atoms with van der Waals surface area (Å²) in [6.07, 6.45) is 4.13. The van der Waals surface area contributed by atoms with E-state index < -0.39 is 0 Å². The predicted octanol–water partition coefficient (Wildman–Crippen LogP) is 2.22. The zero-order valence-corrected chi connectivity index (χ0v) is 15.2. The van der Waals surface area contributed by atoms with Crippen LogP contribution in [-0.2, 0) is 19.0 Å². The summed E-state index contributed by atoms with van der Waals surface area (Å²) in [5, 5.41) is 11.0. The first kappa shape index (κ1) is 17.3. The average molecular weight is 341 g/mol. The number of hydrogen-bond acceptors (Lipinski definition) is 3. The molecule has 1 aromatic carbocycles. The molecule has 1 aliphatic carbocycles. The number of aromatic nitrogens is 2. The van der Waals surface area contributed by atoms with Crippen molar-refractivity contribution in [1.82, 2.24) is 20.4 Å². The van der Waals surface area contributed by atoms with Crippen molar-refractivity contribution in [3.8, 4) is 5.75 Å². The van der Waals surface area contributed by atoms with Crippen LogP contribution in [0.3, 0.4) is 0 Å². The van der Waals surface area contributed by atoms with Crippen LogP contribution in [0.2, 0.25) is 0 Å². The highest BCUT2D eigenvalue weighted by Gasteiger charge is 2.46. The molecule has 0 spiro atoms. The topological polar surface area (TPSA) is 63.5 Å². The molecule has 1 fully saturated rings. The van der Waals surface area contributed by atoms with E-state index in [0.29, 0.717) is 6.54 Å². The highest BCUT2D eigenvalue weighted by Crippen LogP contribution is 2.50. The number of benzene rings is 1. The van der Waals surface area contributed by atoms with Crippen LogP contribution in [0.25, 0.3) is 0 Å². The van der Waals surface area contributed by atoms with Gasteiger partial charge in [0.2, 0.25) is 0 Å². The summed E-state index contributed by atoms with van der Waals surface area (Å²) >= 11 is 0. The molecular formula is C19H27N5O. The largest absolute Gasteiger partial charge is 0.496 e. The van der Waals surface area contributed by atoms with Crippen molar-refractivity contribution in [2.24, 2.45) is 12.0 Å². The normalized spacial score (nSPS) is 15.7. The van der Waals surface area contributed by atoms with Crippen LogP contribution in [0.4, 0.5) is 0 Å². The van der Waals surface area contributed by atoms with E-state index in [1.54, 1.807) is 13.3 Å². The van der Waals surface area contributed by atoms with Gasteiger partial charge in [-0.1, -0.05) is 18.2 Å². The van der Waals surface area contributed by atoms with E-state index in [4.69, 9.17) is 4.74 Å². The van der Waals surface area contributed by atoms with Gasteiger partial charge in [0.25, 0.3) is 0 Å². The van der Waals surface area contributed by atoms with Gasteiger partial charge in [-0.05, 0) is 31.9 Å². The molecule has 0 atom stereocenters. The Balaban J connectivity index is 1.68. The fraction of sp³-hybridized carbons (Fsp3) is 0.474. The number of rotatable bonds is 7. The summed E-state index contributed by atoms with van der Waals surface area (Å²) in [5.41, 5.74) is 2.52. The molecule has 0 amide bonds. The summed E-state index contributed by atoms with van der Waals surface area (Å²) < 4.78 is 7.40. The van der Waals surface area contributed by atoms with Gasteiger partial charge in [-0.2, -0.15) is 5.10 Å². The summed E-state index contributed by atoms with van der Waals surface area (Å²) in [7, 11) is 3.67. The van der Waals surface area contributed by atoms with Gasteiger partial charge in [0.05, 0.1) is 19.3 Å². The molecule has 0 unspecified atom stereocenters. The van der Waals surface area contributed by atoms with Crippen LogP contribution in [0.1, 0.15) is 31.0 Å². The van der Waals surface area contributed by atoms with E-state index in [9.17, 15) is 0 Å². The second kappa shape index (κ2) is 7.59. The van der Waals surface area contributed by atoms with E-state index in [1.165, 1.54) is 18.4 Å². The van der Waals surface area contributed by atoms with Crippen molar-refractivity contribution < 1.29 is 4.74 Å². The number of hydrogen-bond donors (Lipinski definition) is 2. The minimum atomic E-state index is 0.148. The van der Waals surface area contributed by atoms with Gasteiger partial charge in [0.15, 0.2) is 5.96 Å². The molecular weight excluding hydrogens is 314 g/mol. The highest BCUT2D eigenvalue weighted by atomic mass is 16.5. The van der Waals surface area contributed by atoms with Gasteiger partial charge in [-0.15, -0.1) is 0 Å². The SMILES string of the molecule is CCNC(=NCc1ccnn1C)NCC1(c2ccccc2OC)CC1. The van der Waals surface area contributed by atoms with Crippen molar-refractivity contribution in [2.75, 3.05) is 20.2 Å². The lowest BCUT2D eigenvalue weighted by molar-refractivity contribution is 0.403. The fourth-order valence-electron chi connectivity index (χ4n) is 3.09. The summed E-state index contributed by atoms with van der Waals surface area (Å²) in [6.45, 7) is 4.37. The number of para-hydroxylation sites is 1. The lowest BCUT2D eigenvalue weighted by Crippen LogP contribution is -2.41. The zero-order valence-electron chi connectivity index (χ0n) is 15.2. The summed E-state index contributed by atoms with van der Waals surface area (Å²) in [4.78, 5) is 4.69. The van der Waals surface area contributed by atoms with Gasteiger partial charge >= 0.3 is 0 Å². The second-order valence-electron chi connectivity index (χ2n) is 6.48. The van der Waals surface area contributed by atoms with Gasteiger partial charge in [-0.3, -0.25) is 4.68 Å². The van der Waals surface area contributed by atoms with Crippen LogP contribution in [0, 0.1) is 0 Å². The minimum absolute atomic E-state index is 0.148. The Morgan fingerprint density at radius 3 is 2.72 bits per heavy atom. The summed E-state index contributed by atoms with van der Waals surface area (Å²) in [6, 6.07) is 10.3. The Morgan fingerprint density at radius 2 is 2.08 bits per heavy atom. The Hall–Kier alpha value is -2.50. The molecule has 1 aliphatic rings. The van der Waals surface area contributed by atoms with Crippen LogP contribution in [-0.4, -0.2) is 35.9 Å². The Labute approximate surface area is 149 Å². The first-order valence-electron chi connectivity index (χ1n) is 8.81. The van der Waals surface area contributed by atoms with Crippen LogP contribution < -0.4 is 15.4 Å². The Bertz CT molecular complexity index is 733. The number of nitrogens with one attached hydrogen (secondary N) is 2. The van der Waals surface area contributed by atoms with Gasteiger partial charge in [-0.25, -0.2) is 4.99 Å². The molecule has 2 aromatic rings. The second-order valence-corrected chi connectivity index (χ2v) is 6.48. The maximum atomic E-state index is 5.55. The van der Waals surface area contributed by atoms with Gasteiger partial charge < -0.3 is 15.4 Å². The Kier molecular flexibility index (Phi) is 5.26. The molecule has 1 aromatic heterocycles. The third kappa shape index (κ3) is 3.95. The van der Waals surface area contributed by atoms with Crippen molar-refractivity contribution in [2.45, 2.75) is 31.7 Å². The van der Waals surface area contributed by atoms with Crippen LogP contribution in [0.15, 0.2) is 41.5 Å². The number of guanidine groups is 1. The molecule has 6 nitrogen and oxygen atoms in total. The minimum Gasteiger partial charge on any atom is -0.496 e. The molecule has 3 rings (SSSR count). The third-order valence-electron chi connectivity index (χ3n) is 4.79. The van der Waals surface area contributed by atoms with Crippen molar-refractivity contribution >= 4 is 5.96 Å². The molecule has 2 N–H and O–H groups in total. The number of ether oxygens (including phenoxy) is 1. The van der Waals surface area contributed by atoms with E-state index in [0.717, 1.165) is 30.5 Å². The molecule has 1 saturated carbocycles. The number of aliphatic imine (C=N–C) groups is 1. The molecule has 0 saturated heterocycles. The fourth-order valence-corrected chi connectivity index (χ4v) is 3.09. The van der Waals surface area contributed by atoms with Gasteiger partial charge in [0, 0.05) is 37.3 Å². The third-order valence-corrected chi connectivity index (χ3v) is 4.79. The molecule has 6 heteroatoms. The monoisotopic (exact) mass is 341 g/mol. The molecule has 1 heterocycles. The number of methoxy groups -OCH3 is 1. The average Bonchev–Trinajstić information content (AvgIpc) is 3.32. The van der Waals surface area contributed by atoms with Crippen molar-refractivity contribution in [3.05, 3.63) is 47.8 Å². The lowest BCUT2D eigenvalue weighted by Gasteiger charge is -2.21. The standard InChI is InChI=1S/C19H27N5O/c1-4-20-18(21-13-15-9-12-23-24(15)2)22-14-19(10-11-19)16-7-5-6-8-17(16)25-3/h5-9,12H,4,10-11,13-14H2,1-3H3,(H2,20,21,22). The van der Waals surface area contributed by atoms with E-state index >= 15 is 0 Å². The lowest BCUT2D eigenvalue weighted by atomic mass is 9.95. The van der Waals surface area contributed by atoms with E-state index in [2.05, 4.69) is 39.8 Å². The summed E-state index contributed by atoms with van der Waals surface area (Å²) in [5.74, 6) is 1.81. The number of nitrogens with zero attached hydrogens (tertiary/aromatic N) is 3. The first-order chi connectivity index (χ1) is 12.2. The van der Waals surface area contributed by atoms with Crippen LogP contribution >= 0.6 is 0 Å². The van der Waals surface area contributed by atoms with E-state index in [-0.39, 0.29) is 5.41 Å². The maximum absolute atomic E-state index is 5.55. The Morgan fingerprint density at radius 1 is 1.28 bits per heavy atom. The van der Waals surface area contributed by atoms with Crippen molar-refractivity contribution in [1.29, 1.82) is 0 Å². The first-order valence-corrected chi connectivity index (χ1v) is 8.81. The molecule has 0 bridgehead atoms. The molecule has 0 aliphatic heterocycles. The smallest absolute Gasteiger partial charge is 0.191 e.